The van der Waals surface area contributed by atoms with E-state index in [-0.39, 0.29) is 18.3 Å². The molecular weight excluding hydrogens is 447 g/mol. The molecule has 3 heterocycles. The number of carbonyl (C=O) groups is 1. The molecule has 182 valence electrons. The Bertz CT molecular complexity index is 1400. The van der Waals surface area contributed by atoms with E-state index in [0.29, 0.717) is 23.8 Å². The van der Waals surface area contributed by atoms with Gasteiger partial charge in [0.05, 0.1) is 6.61 Å². The van der Waals surface area contributed by atoms with Gasteiger partial charge in [0, 0.05) is 68.1 Å². The third-order valence-electron chi connectivity index (χ3n) is 6.83. The molecule has 1 saturated carbocycles. The predicted molar refractivity (Wildman–Crippen MR) is 130 cm³/mol. The standard InChI is InChI=1S/C26H29FN6O2/c1-16-20(24(30-32(16)4)26(34)31(2)3)12-13-35-22-14-19(27)9-10-21(22)18-8-11-23-28-29-25(33(23)15-18)17-6-5-7-17/h8-11,14-15,17H,5-7,12-13H2,1-4H3. The zero-order valence-electron chi connectivity index (χ0n) is 20.5. The molecule has 1 fully saturated rings. The number of halogens is 1. The van der Waals surface area contributed by atoms with Crippen molar-refractivity contribution in [2.75, 3.05) is 20.7 Å². The molecule has 1 aliphatic rings. The summed E-state index contributed by atoms with van der Waals surface area (Å²) in [5, 5.41) is 13.1. The summed E-state index contributed by atoms with van der Waals surface area (Å²) in [6.45, 7) is 2.20. The van der Waals surface area contributed by atoms with Crippen molar-refractivity contribution in [3.8, 4) is 16.9 Å². The molecule has 0 unspecified atom stereocenters. The average Bonchev–Trinajstić information content (AvgIpc) is 3.33. The van der Waals surface area contributed by atoms with Crippen LogP contribution in [0.4, 0.5) is 4.39 Å². The summed E-state index contributed by atoms with van der Waals surface area (Å²) in [6, 6.07) is 8.45. The minimum atomic E-state index is -0.370. The van der Waals surface area contributed by atoms with E-state index in [1.54, 1.807) is 24.8 Å². The Morgan fingerprint density at radius 1 is 1.20 bits per heavy atom. The molecule has 4 aromatic rings. The maximum atomic E-state index is 14.2. The zero-order valence-corrected chi connectivity index (χ0v) is 20.5. The first kappa shape index (κ1) is 23.0. The van der Waals surface area contributed by atoms with Gasteiger partial charge >= 0.3 is 0 Å². The molecule has 35 heavy (non-hydrogen) atoms. The van der Waals surface area contributed by atoms with Crippen molar-refractivity contribution < 1.29 is 13.9 Å². The normalized spacial score (nSPS) is 13.7. The lowest BCUT2D eigenvalue weighted by molar-refractivity contribution is 0.0820. The van der Waals surface area contributed by atoms with Gasteiger partial charge < -0.3 is 9.64 Å². The van der Waals surface area contributed by atoms with Gasteiger partial charge in [0.25, 0.3) is 5.91 Å². The second kappa shape index (κ2) is 9.13. The molecule has 5 rings (SSSR count). The van der Waals surface area contributed by atoms with Gasteiger partial charge in [-0.25, -0.2) is 4.39 Å². The number of carbonyl (C=O) groups excluding carboxylic acids is 1. The Hall–Kier alpha value is -3.75. The van der Waals surface area contributed by atoms with Gasteiger partial charge in [0.15, 0.2) is 11.3 Å². The minimum absolute atomic E-state index is 0.153. The van der Waals surface area contributed by atoms with Gasteiger partial charge in [0.2, 0.25) is 0 Å². The Labute approximate surface area is 203 Å². The van der Waals surface area contributed by atoms with E-state index in [9.17, 15) is 9.18 Å². The fraction of sp³-hybridized carbons (Fsp3) is 0.385. The second-order valence-electron chi connectivity index (χ2n) is 9.31. The third kappa shape index (κ3) is 4.26. The lowest BCUT2D eigenvalue weighted by Gasteiger charge is -2.23. The highest BCUT2D eigenvalue weighted by Gasteiger charge is 2.25. The van der Waals surface area contributed by atoms with E-state index in [1.165, 1.54) is 23.5 Å². The van der Waals surface area contributed by atoms with E-state index >= 15 is 0 Å². The monoisotopic (exact) mass is 476 g/mol. The van der Waals surface area contributed by atoms with Crippen molar-refractivity contribution in [2.24, 2.45) is 7.05 Å². The van der Waals surface area contributed by atoms with Crippen LogP contribution in [0.15, 0.2) is 36.5 Å². The number of pyridine rings is 1. The van der Waals surface area contributed by atoms with Gasteiger partial charge in [0.1, 0.15) is 17.4 Å². The molecule has 0 saturated heterocycles. The summed E-state index contributed by atoms with van der Waals surface area (Å²) in [7, 11) is 5.22. The van der Waals surface area contributed by atoms with Crippen LogP contribution in [-0.4, -0.2) is 55.9 Å². The molecule has 1 amide bonds. The topological polar surface area (TPSA) is 77.6 Å². The second-order valence-corrected chi connectivity index (χ2v) is 9.31. The van der Waals surface area contributed by atoms with Crippen LogP contribution in [0.25, 0.3) is 16.8 Å². The van der Waals surface area contributed by atoms with Crippen molar-refractivity contribution in [3.05, 3.63) is 65.1 Å². The highest BCUT2D eigenvalue weighted by Crippen LogP contribution is 2.37. The predicted octanol–water partition coefficient (Wildman–Crippen LogP) is 4.17. The van der Waals surface area contributed by atoms with Gasteiger partial charge in [-0.2, -0.15) is 5.10 Å². The summed E-state index contributed by atoms with van der Waals surface area (Å²) < 4.78 is 24.0. The number of hydrogen-bond acceptors (Lipinski definition) is 5. The number of aryl methyl sites for hydroxylation is 1. The average molecular weight is 477 g/mol. The van der Waals surface area contributed by atoms with Crippen LogP contribution in [0.2, 0.25) is 0 Å². The van der Waals surface area contributed by atoms with Gasteiger partial charge in [-0.15, -0.1) is 10.2 Å². The molecular formula is C26H29FN6O2. The van der Waals surface area contributed by atoms with Crippen LogP contribution in [0, 0.1) is 12.7 Å². The third-order valence-corrected chi connectivity index (χ3v) is 6.83. The van der Waals surface area contributed by atoms with Gasteiger partial charge in [-0.3, -0.25) is 13.9 Å². The first-order valence-corrected chi connectivity index (χ1v) is 11.8. The first-order valence-electron chi connectivity index (χ1n) is 11.8. The Morgan fingerprint density at radius 3 is 2.71 bits per heavy atom. The molecule has 0 bridgehead atoms. The lowest BCUT2D eigenvalue weighted by Crippen LogP contribution is -2.23. The van der Waals surface area contributed by atoms with E-state index in [1.807, 2.05) is 36.7 Å². The smallest absolute Gasteiger partial charge is 0.274 e. The Morgan fingerprint density at radius 2 is 2.00 bits per heavy atom. The van der Waals surface area contributed by atoms with Crippen LogP contribution in [0.5, 0.6) is 5.75 Å². The first-order chi connectivity index (χ1) is 16.8. The van der Waals surface area contributed by atoms with Crippen molar-refractivity contribution in [3.63, 3.8) is 0 Å². The fourth-order valence-electron chi connectivity index (χ4n) is 4.46. The van der Waals surface area contributed by atoms with E-state index < -0.39 is 0 Å². The van der Waals surface area contributed by atoms with Crippen molar-refractivity contribution in [1.29, 1.82) is 0 Å². The van der Waals surface area contributed by atoms with E-state index in [0.717, 1.165) is 46.7 Å². The summed E-state index contributed by atoms with van der Waals surface area (Å²) in [4.78, 5) is 14.1. The summed E-state index contributed by atoms with van der Waals surface area (Å²) in [6.07, 6.45) is 5.94. The Balaban J connectivity index is 1.41. The van der Waals surface area contributed by atoms with Crippen LogP contribution >= 0.6 is 0 Å². The highest BCUT2D eigenvalue weighted by atomic mass is 19.1. The van der Waals surface area contributed by atoms with Crippen molar-refractivity contribution in [1.82, 2.24) is 29.3 Å². The summed E-state index contributed by atoms with van der Waals surface area (Å²) in [5.74, 6) is 1.34. The molecule has 0 radical (unpaired) electrons. The van der Waals surface area contributed by atoms with E-state index in [2.05, 4.69) is 15.3 Å². The maximum Gasteiger partial charge on any atom is 0.274 e. The molecule has 8 nitrogen and oxygen atoms in total. The number of aromatic nitrogens is 5. The fourth-order valence-corrected chi connectivity index (χ4v) is 4.46. The quantitative estimate of drug-likeness (QED) is 0.400. The number of ether oxygens (including phenoxy) is 1. The van der Waals surface area contributed by atoms with E-state index in [4.69, 9.17) is 4.74 Å². The lowest BCUT2D eigenvalue weighted by atomic mass is 9.85. The zero-order chi connectivity index (χ0) is 24.7. The molecule has 0 spiro atoms. The molecule has 1 aliphatic carbocycles. The van der Waals surface area contributed by atoms with Crippen LogP contribution in [-0.2, 0) is 13.5 Å². The molecule has 0 aliphatic heterocycles. The highest BCUT2D eigenvalue weighted by molar-refractivity contribution is 5.93. The van der Waals surface area contributed by atoms with Crippen LogP contribution < -0.4 is 4.74 Å². The summed E-state index contributed by atoms with van der Waals surface area (Å²) in [5.41, 5.74) is 4.63. The molecule has 1 aromatic carbocycles. The number of rotatable bonds is 7. The van der Waals surface area contributed by atoms with Crippen molar-refractivity contribution in [2.45, 2.75) is 38.5 Å². The van der Waals surface area contributed by atoms with Crippen molar-refractivity contribution >= 4 is 11.6 Å². The number of nitrogens with zero attached hydrogens (tertiary/aromatic N) is 6. The maximum absolute atomic E-state index is 14.2. The number of fused-ring (bicyclic) bond motifs is 1. The largest absolute Gasteiger partial charge is 0.492 e. The number of hydrogen-bond donors (Lipinski definition) is 0. The summed E-state index contributed by atoms with van der Waals surface area (Å²) >= 11 is 0. The number of amides is 1. The SMILES string of the molecule is Cc1c(CCOc2cc(F)ccc2-c2ccc3nnc(C4CCC4)n3c2)c(C(=O)N(C)C)nn1C. The van der Waals surface area contributed by atoms with Crippen LogP contribution in [0.3, 0.4) is 0 Å². The molecule has 0 atom stereocenters. The minimum Gasteiger partial charge on any atom is -0.492 e. The van der Waals surface area contributed by atoms with Gasteiger partial charge in [-0.1, -0.05) is 6.42 Å². The van der Waals surface area contributed by atoms with Gasteiger partial charge in [-0.05, 0) is 44.0 Å². The molecule has 3 aromatic heterocycles. The number of benzene rings is 1. The Kier molecular flexibility index (Phi) is 6.00. The van der Waals surface area contributed by atoms with Crippen LogP contribution in [0.1, 0.15) is 52.8 Å². The molecule has 0 N–H and O–H groups in total. The molecule has 9 heteroatoms.